The van der Waals surface area contributed by atoms with Gasteiger partial charge in [0.05, 0.1) is 19.9 Å². The van der Waals surface area contributed by atoms with E-state index in [4.69, 9.17) is 9.47 Å². The molecule has 0 saturated carbocycles. The van der Waals surface area contributed by atoms with Gasteiger partial charge in [0.25, 0.3) is 5.91 Å². The fourth-order valence-corrected chi connectivity index (χ4v) is 2.48. The molecule has 0 aliphatic heterocycles. The molecule has 0 aliphatic carbocycles. The van der Waals surface area contributed by atoms with Gasteiger partial charge in [-0.1, -0.05) is 12.1 Å². The molecule has 0 aliphatic rings. The van der Waals surface area contributed by atoms with Crippen LogP contribution in [0.1, 0.15) is 16.2 Å². The van der Waals surface area contributed by atoms with E-state index in [0.717, 1.165) is 17.1 Å². The minimum absolute atomic E-state index is 0.280. The average molecular weight is 337 g/mol. The van der Waals surface area contributed by atoms with E-state index in [9.17, 15) is 4.79 Å². The Kier molecular flexibility index (Phi) is 4.70. The lowest BCUT2D eigenvalue weighted by atomic mass is 10.3. The Balaban J connectivity index is 1.84. The highest BCUT2D eigenvalue weighted by molar-refractivity contribution is 6.03. The summed E-state index contributed by atoms with van der Waals surface area (Å²) in [5.41, 5.74) is 2.67. The molecule has 0 radical (unpaired) electrons. The van der Waals surface area contributed by atoms with E-state index in [2.05, 4.69) is 10.4 Å². The molecule has 6 nitrogen and oxygen atoms in total. The number of benzene rings is 2. The van der Waals surface area contributed by atoms with E-state index < -0.39 is 0 Å². The molecule has 3 rings (SSSR count). The number of nitrogens with one attached hydrogen (secondary N) is 1. The zero-order valence-electron chi connectivity index (χ0n) is 14.3. The summed E-state index contributed by atoms with van der Waals surface area (Å²) in [5, 5.41) is 7.24. The summed E-state index contributed by atoms with van der Waals surface area (Å²) in [6.07, 6.45) is 0. The fraction of sp³-hybridized carbons (Fsp3) is 0.158. The summed E-state index contributed by atoms with van der Waals surface area (Å²) in [6, 6.07) is 16.4. The van der Waals surface area contributed by atoms with Crippen molar-refractivity contribution in [3.05, 3.63) is 66.0 Å². The monoisotopic (exact) mass is 337 g/mol. The molecule has 0 bridgehead atoms. The molecule has 0 fully saturated rings. The summed E-state index contributed by atoms with van der Waals surface area (Å²) in [5.74, 6) is 1.13. The second-order valence-electron chi connectivity index (χ2n) is 5.47. The number of aromatic nitrogens is 2. The SMILES string of the molecule is COc1cccc(NC(=O)c2cc(C)n(-c3cccc(OC)c3)n2)c1. The van der Waals surface area contributed by atoms with Crippen LogP contribution in [0.5, 0.6) is 11.5 Å². The maximum Gasteiger partial charge on any atom is 0.276 e. The van der Waals surface area contributed by atoms with Gasteiger partial charge in [-0.2, -0.15) is 5.10 Å². The number of carbonyl (C=O) groups is 1. The molecule has 0 saturated heterocycles. The molecule has 3 aromatic rings. The Morgan fingerprint density at radius 1 is 1.00 bits per heavy atom. The third kappa shape index (κ3) is 3.63. The van der Waals surface area contributed by atoms with Crippen molar-refractivity contribution in [2.75, 3.05) is 19.5 Å². The predicted octanol–water partition coefficient (Wildman–Crippen LogP) is 3.45. The number of nitrogens with zero attached hydrogens (tertiary/aromatic N) is 2. The van der Waals surface area contributed by atoms with Crippen molar-refractivity contribution in [1.29, 1.82) is 0 Å². The average Bonchev–Trinajstić information content (AvgIpc) is 3.04. The summed E-state index contributed by atoms with van der Waals surface area (Å²) >= 11 is 0. The number of anilines is 1. The van der Waals surface area contributed by atoms with Crippen molar-refractivity contribution >= 4 is 11.6 Å². The minimum Gasteiger partial charge on any atom is -0.497 e. The largest absolute Gasteiger partial charge is 0.497 e. The second kappa shape index (κ2) is 7.09. The number of ether oxygens (including phenoxy) is 2. The first-order chi connectivity index (χ1) is 12.1. The van der Waals surface area contributed by atoms with Crippen LogP contribution in [0.3, 0.4) is 0 Å². The molecule has 0 spiro atoms. The Labute approximate surface area is 146 Å². The van der Waals surface area contributed by atoms with Gasteiger partial charge in [-0.15, -0.1) is 0 Å². The van der Waals surface area contributed by atoms with Crippen LogP contribution in [0.4, 0.5) is 5.69 Å². The molecule has 1 aromatic heterocycles. The second-order valence-corrected chi connectivity index (χ2v) is 5.47. The van der Waals surface area contributed by atoms with E-state index in [1.165, 1.54) is 0 Å². The van der Waals surface area contributed by atoms with Gasteiger partial charge in [0.15, 0.2) is 5.69 Å². The van der Waals surface area contributed by atoms with Crippen molar-refractivity contribution < 1.29 is 14.3 Å². The van der Waals surface area contributed by atoms with Crippen molar-refractivity contribution in [2.45, 2.75) is 6.92 Å². The van der Waals surface area contributed by atoms with E-state index in [0.29, 0.717) is 17.1 Å². The van der Waals surface area contributed by atoms with E-state index in [1.54, 1.807) is 37.1 Å². The molecule has 0 unspecified atom stereocenters. The van der Waals surface area contributed by atoms with Gasteiger partial charge < -0.3 is 14.8 Å². The van der Waals surface area contributed by atoms with Crippen molar-refractivity contribution in [3.8, 4) is 17.2 Å². The highest BCUT2D eigenvalue weighted by atomic mass is 16.5. The van der Waals surface area contributed by atoms with Crippen molar-refractivity contribution in [3.63, 3.8) is 0 Å². The first kappa shape index (κ1) is 16.6. The van der Waals surface area contributed by atoms with E-state index >= 15 is 0 Å². The van der Waals surface area contributed by atoms with Gasteiger partial charge in [-0.25, -0.2) is 4.68 Å². The normalized spacial score (nSPS) is 10.4. The van der Waals surface area contributed by atoms with Crippen LogP contribution in [0, 0.1) is 6.92 Å². The van der Waals surface area contributed by atoms with Gasteiger partial charge >= 0.3 is 0 Å². The maximum absolute atomic E-state index is 12.5. The standard InChI is InChI=1S/C19H19N3O3/c1-13-10-18(19(23)20-14-6-4-8-16(11-14)24-2)21-22(13)15-7-5-9-17(12-15)25-3/h4-12H,1-3H3,(H,20,23). The van der Waals surface area contributed by atoms with E-state index in [1.807, 2.05) is 43.3 Å². The van der Waals surface area contributed by atoms with E-state index in [-0.39, 0.29) is 5.91 Å². The van der Waals surface area contributed by atoms with Crippen LogP contribution < -0.4 is 14.8 Å². The van der Waals surface area contributed by atoms with Crippen LogP contribution in [0.25, 0.3) is 5.69 Å². The number of aryl methyl sites for hydroxylation is 1. The first-order valence-corrected chi connectivity index (χ1v) is 7.77. The van der Waals surface area contributed by atoms with Gasteiger partial charge in [0, 0.05) is 23.5 Å². The number of amides is 1. The van der Waals surface area contributed by atoms with Crippen molar-refractivity contribution in [2.24, 2.45) is 0 Å². The summed E-state index contributed by atoms with van der Waals surface area (Å²) in [6.45, 7) is 1.90. The third-order valence-corrected chi connectivity index (χ3v) is 3.75. The van der Waals surface area contributed by atoms with Gasteiger partial charge in [0.2, 0.25) is 0 Å². The number of rotatable bonds is 5. The Hall–Kier alpha value is -3.28. The molecule has 25 heavy (non-hydrogen) atoms. The molecule has 1 amide bonds. The van der Waals surface area contributed by atoms with Crippen LogP contribution in [0.2, 0.25) is 0 Å². The zero-order chi connectivity index (χ0) is 17.8. The molecule has 1 N–H and O–H groups in total. The van der Waals surface area contributed by atoms with Gasteiger partial charge in [-0.05, 0) is 37.3 Å². The minimum atomic E-state index is -0.280. The maximum atomic E-state index is 12.5. The first-order valence-electron chi connectivity index (χ1n) is 7.77. The summed E-state index contributed by atoms with van der Waals surface area (Å²) in [7, 11) is 3.20. The molecule has 0 atom stereocenters. The molecule has 128 valence electrons. The predicted molar refractivity (Wildman–Crippen MR) is 95.8 cm³/mol. The molecule has 6 heteroatoms. The lowest BCUT2D eigenvalue weighted by Gasteiger charge is -2.07. The molecule has 1 heterocycles. The molecular formula is C19H19N3O3. The quantitative estimate of drug-likeness (QED) is 0.774. The van der Waals surface area contributed by atoms with Gasteiger partial charge in [0.1, 0.15) is 11.5 Å². The smallest absolute Gasteiger partial charge is 0.276 e. The Morgan fingerprint density at radius 2 is 1.68 bits per heavy atom. The van der Waals surface area contributed by atoms with Crippen LogP contribution in [0.15, 0.2) is 54.6 Å². The number of hydrogen-bond acceptors (Lipinski definition) is 4. The Morgan fingerprint density at radius 3 is 2.40 bits per heavy atom. The lowest BCUT2D eigenvalue weighted by Crippen LogP contribution is -2.13. The number of methoxy groups -OCH3 is 2. The number of carbonyl (C=O) groups excluding carboxylic acids is 1. The summed E-state index contributed by atoms with van der Waals surface area (Å²) in [4.78, 5) is 12.5. The molecule has 2 aromatic carbocycles. The van der Waals surface area contributed by atoms with Crippen LogP contribution >= 0.6 is 0 Å². The zero-order valence-corrected chi connectivity index (χ0v) is 14.3. The number of hydrogen-bond donors (Lipinski definition) is 1. The van der Waals surface area contributed by atoms with Crippen molar-refractivity contribution in [1.82, 2.24) is 9.78 Å². The third-order valence-electron chi connectivity index (χ3n) is 3.75. The van der Waals surface area contributed by atoms with Crippen LogP contribution in [-0.4, -0.2) is 29.9 Å². The topological polar surface area (TPSA) is 65.4 Å². The highest BCUT2D eigenvalue weighted by Crippen LogP contribution is 2.20. The summed E-state index contributed by atoms with van der Waals surface area (Å²) < 4.78 is 12.1. The van der Waals surface area contributed by atoms with Crippen LogP contribution in [-0.2, 0) is 0 Å². The Bertz CT molecular complexity index is 902. The fourth-order valence-electron chi connectivity index (χ4n) is 2.48. The highest BCUT2D eigenvalue weighted by Gasteiger charge is 2.14. The lowest BCUT2D eigenvalue weighted by molar-refractivity contribution is 0.102. The molecular weight excluding hydrogens is 318 g/mol. The van der Waals surface area contributed by atoms with Gasteiger partial charge in [-0.3, -0.25) is 4.79 Å².